The van der Waals surface area contributed by atoms with Crippen LogP contribution in [0.2, 0.25) is 0 Å². The van der Waals surface area contributed by atoms with Crippen LogP contribution >= 0.6 is 0 Å². The highest BCUT2D eigenvalue weighted by Crippen LogP contribution is 2.25. The third-order valence-corrected chi connectivity index (χ3v) is 2.72. The molecular formula is C13H13N3. The SMILES string of the molecule is CC1=C(c2ccncc2)C=C(C#N)C(C)N1. The zero-order chi connectivity index (χ0) is 11.5. The molecule has 1 aliphatic rings. The van der Waals surface area contributed by atoms with Gasteiger partial charge >= 0.3 is 0 Å². The van der Waals surface area contributed by atoms with Crippen LogP contribution in [0.4, 0.5) is 0 Å². The summed E-state index contributed by atoms with van der Waals surface area (Å²) in [6.45, 7) is 4.01. The molecule has 1 aliphatic heterocycles. The molecule has 0 saturated heterocycles. The maximum Gasteiger partial charge on any atom is 0.0969 e. The van der Waals surface area contributed by atoms with E-state index in [9.17, 15) is 0 Å². The van der Waals surface area contributed by atoms with E-state index >= 15 is 0 Å². The third kappa shape index (κ3) is 1.82. The van der Waals surface area contributed by atoms with Crippen molar-refractivity contribution in [2.45, 2.75) is 19.9 Å². The van der Waals surface area contributed by atoms with Crippen molar-refractivity contribution >= 4 is 5.57 Å². The molecule has 1 unspecified atom stereocenters. The highest BCUT2D eigenvalue weighted by Gasteiger charge is 2.17. The quantitative estimate of drug-likeness (QED) is 0.775. The van der Waals surface area contributed by atoms with Gasteiger partial charge in [-0.3, -0.25) is 4.98 Å². The Morgan fingerprint density at radius 3 is 2.69 bits per heavy atom. The summed E-state index contributed by atoms with van der Waals surface area (Å²) < 4.78 is 0. The average molecular weight is 211 g/mol. The van der Waals surface area contributed by atoms with E-state index in [0.717, 1.165) is 22.4 Å². The van der Waals surface area contributed by atoms with Gasteiger partial charge in [0.05, 0.1) is 17.7 Å². The number of allylic oxidation sites excluding steroid dienone is 3. The second-order valence-corrected chi connectivity index (χ2v) is 3.85. The minimum absolute atomic E-state index is 0.0931. The minimum atomic E-state index is 0.0931. The van der Waals surface area contributed by atoms with Crippen LogP contribution in [0.1, 0.15) is 19.4 Å². The molecule has 0 bridgehead atoms. The van der Waals surface area contributed by atoms with Gasteiger partial charge in [-0.15, -0.1) is 0 Å². The van der Waals surface area contributed by atoms with Gasteiger partial charge in [0, 0.05) is 23.7 Å². The van der Waals surface area contributed by atoms with Crippen LogP contribution in [0.15, 0.2) is 41.9 Å². The number of aromatic nitrogens is 1. The fraction of sp³-hybridized carbons (Fsp3) is 0.231. The maximum absolute atomic E-state index is 9.02. The highest BCUT2D eigenvalue weighted by atomic mass is 14.9. The van der Waals surface area contributed by atoms with Gasteiger partial charge in [0.25, 0.3) is 0 Å². The Bertz CT molecular complexity index is 492. The molecule has 1 N–H and O–H groups in total. The van der Waals surface area contributed by atoms with Crippen LogP contribution in [0.3, 0.4) is 0 Å². The second-order valence-electron chi connectivity index (χ2n) is 3.85. The van der Waals surface area contributed by atoms with Crippen molar-refractivity contribution in [1.82, 2.24) is 10.3 Å². The smallest absolute Gasteiger partial charge is 0.0969 e. The lowest BCUT2D eigenvalue weighted by Crippen LogP contribution is -2.29. The standard InChI is InChI=1S/C13H13N3/c1-9-12(8-14)7-13(10(2)16-9)11-3-5-15-6-4-11/h3-7,9,16H,1-2H3. The molecule has 0 fully saturated rings. The lowest BCUT2D eigenvalue weighted by molar-refractivity contribution is 0.701. The molecule has 80 valence electrons. The van der Waals surface area contributed by atoms with Crippen LogP contribution in [-0.2, 0) is 0 Å². The van der Waals surface area contributed by atoms with Crippen molar-refractivity contribution in [2.24, 2.45) is 0 Å². The van der Waals surface area contributed by atoms with Crippen molar-refractivity contribution < 1.29 is 0 Å². The molecule has 0 aromatic carbocycles. The van der Waals surface area contributed by atoms with E-state index in [4.69, 9.17) is 5.26 Å². The lowest BCUT2D eigenvalue weighted by atomic mass is 9.96. The van der Waals surface area contributed by atoms with Gasteiger partial charge in [-0.1, -0.05) is 0 Å². The van der Waals surface area contributed by atoms with Gasteiger partial charge in [-0.25, -0.2) is 0 Å². The normalized spacial score (nSPS) is 19.8. The summed E-state index contributed by atoms with van der Waals surface area (Å²) in [5.74, 6) is 0. The Balaban J connectivity index is 2.47. The van der Waals surface area contributed by atoms with Crippen molar-refractivity contribution in [3.8, 4) is 6.07 Å². The molecule has 1 aromatic heterocycles. The van der Waals surface area contributed by atoms with E-state index in [1.165, 1.54) is 0 Å². The Labute approximate surface area is 95.1 Å². The largest absolute Gasteiger partial charge is 0.381 e. The van der Waals surface area contributed by atoms with Crippen molar-refractivity contribution in [2.75, 3.05) is 0 Å². The summed E-state index contributed by atoms with van der Waals surface area (Å²) in [4.78, 5) is 3.99. The number of pyridine rings is 1. The first kappa shape index (κ1) is 10.4. The van der Waals surface area contributed by atoms with Gasteiger partial charge in [-0.05, 0) is 37.6 Å². The lowest BCUT2D eigenvalue weighted by Gasteiger charge is -2.23. The van der Waals surface area contributed by atoms with E-state index in [1.54, 1.807) is 12.4 Å². The first-order chi connectivity index (χ1) is 7.72. The number of nitriles is 1. The molecule has 3 heteroatoms. The van der Waals surface area contributed by atoms with E-state index < -0.39 is 0 Å². The molecule has 0 spiro atoms. The number of hydrogen-bond donors (Lipinski definition) is 1. The number of hydrogen-bond acceptors (Lipinski definition) is 3. The topological polar surface area (TPSA) is 48.7 Å². The Hall–Kier alpha value is -2.08. The summed E-state index contributed by atoms with van der Waals surface area (Å²) in [5, 5.41) is 12.3. The number of nitrogens with zero attached hydrogens (tertiary/aromatic N) is 2. The molecule has 0 radical (unpaired) electrons. The number of rotatable bonds is 1. The Morgan fingerprint density at radius 2 is 2.06 bits per heavy atom. The molecule has 0 saturated carbocycles. The summed E-state index contributed by atoms with van der Waals surface area (Å²) in [7, 11) is 0. The van der Waals surface area contributed by atoms with Crippen molar-refractivity contribution in [3.05, 3.63) is 47.4 Å². The molecule has 2 heterocycles. The summed E-state index contributed by atoms with van der Waals surface area (Å²) in [5.41, 5.74) is 4.01. The van der Waals surface area contributed by atoms with Crippen molar-refractivity contribution in [3.63, 3.8) is 0 Å². The second kappa shape index (κ2) is 4.19. The summed E-state index contributed by atoms with van der Waals surface area (Å²) >= 11 is 0. The fourth-order valence-electron chi connectivity index (χ4n) is 1.83. The fourth-order valence-corrected chi connectivity index (χ4v) is 1.83. The number of nitrogens with one attached hydrogen (secondary N) is 1. The van der Waals surface area contributed by atoms with Crippen LogP contribution in [0, 0.1) is 11.3 Å². The number of dihydropyridines is 1. The molecule has 1 atom stereocenters. The molecule has 1 aromatic rings. The third-order valence-electron chi connectivity index (χ3n) is 2.72. The van der Waals surface area contributed by atoms with Gasteiger partial charge in [-0.2, -0.15) is 5.26 Å². The van der Waals surface area contributed by atoms with E-state index in [2.05, 4.69) is 16.4 Å². The van der Waals surface area contributed by atoms with Crippen LogP contribution in [0.5, 0.6) is 0 Å². The van der Waals surface area contributed by atoms with Gasteiger partial charge in [0.1, 0.15) is 0 Å². The minimum Gasteiger partial charge on any atom is -0.381 e. The molecular weight excluding hydrogens is 198 g/mol. The van der Waals surface area contributed by atoms with Crippen LogP contribution < -0.4 is 5.32 Å². The molecule has 16 heavy (non-hydrogen) atoms. The zero-order valence-corrected chi connectivity index (χ0v) is 9.36. The van der Waals surface area contributed by atoms with Gasteiger partial charge in [0.15, 0.2) is 0 Å². The van der Waals surface area contributed by atoms with E-state index in [-0.39, 0.29) is 6.04 Å². The highest BCUT2D eigenvalue weighted by molar-refractivity contribution is 5.79. The van der Waals surface area contributed by atoms with Crippen LogP contribution in [-0.4, -0.2) is 11.0 Å². The predicted octanol–water partition coefficient (Wildman–Crippen LogP) is 2.25. The van der Waals surface area contributed by atoms with Crippen LogP contribution in [0.25, 0.3) is 5.57 Å². The van der Waals surface area contributed by atoms with Gasteiger partial charge < -0.3 is 5.32 Å². The first-order valence-electron chi connectivity index (χ1n) is 5.22. The Morgan fingerprint density at radius 1 is 1.38 bits per heavy atom. The monoisotopic (exact) mass is 211 g/mol. The van der Waals surface area contributed by atoms with E-state index in [1.807, 2.05) is 32.1 Å². The molecule has 0 amide bonds. The van der Waals surface area contributed by atoms with Gasteiger partial charge in [0.2, 0.25) is 0 Å². The molecule has 2 rings (SSSR count). The predicted molar refractivity (Wildman–Crippen MR) is 63.1 cm³/mol. The molecule has 0 aliphatic carbocycles. The zero-order valence-electron chi connectivity index (χ0n) is 9.36. The molecule has 3 nitrogen and oxygen atoms in total. The Kier molecular flexibility index (Phi) is 2.74. The summed E-state index contributed by atoms with van der Waals surface area (Å²) in [6, 6.07) is 6.21. The van der Waals surface area contributed by atoms with E-state index in [0.29, 0.717) is 0 Å². The maximum atomic E-state index is 9.02. The average Bonchev–Trinajstić information content (AvgIpc) is 2.30. The van der Waals surface area contributed by atoms with Crippen molar-refractivity contribution in [1.29, 1.82) is 5.26 Å². The summed E-state index contributed by atoms with van der Waals surface area (Å²) in [6.07, 6.45) is 5.47. The first-order valence-corrected chi connectivity index (χ1v) is 5.22.